The Morgan fingerprint density at radius 3 is 2.19 bits per heavy atom. The van der Waals surface area contributed by atoms with Gasteiger partial charge in [0.2, 0.25) is 0 Å². The first-order valence-corrected chi connectivity index (χ1v) is 12.1. The Morgan fingerprint density at radius 2 is 1.50 bits per heavy atom. The highest BCUT2D eigenvalue weighted by Gasteiger charge is 2.43. The van der Waals surface area contributed by atoms with Crippen molar-refractivity contribution in [2.75, 3.05) is 0 Å². The van der Waals surface area contributed by atoms with Crippen LogP contribution in [0.5, 0.6) is 0 Å². The van der Waals surface area contributed by atoms with Crippen LogP contribution in [0.2, 0.25) is 0 Å². The second-order valence-corrected chi connectivity index (χ2v) is 10.2. The molecule has 3 aliphatic rings. The largest absolute Gasteiger partial charge is 0.198 e. The van der Waals surface area contributed by atoms with Crippen molar-refractivity contribution in [1.82, 2.24) is 0 Å². The summed E-state index contributed by atoms with van der Waals surface area (Å²) in [5.74, 6) is 4.93. The zero-order valence-electron chi connectivity index (χ0n) is 17.6. The first-order chi connectivity index (χ1) is 12.7. The quantitative estimate of drug-likeness (QED) is 0.425. The zero-order chi connectivity index (χ0) is 18.4. The molecule has 148 valence electrons. The average Bonchev–Trinajstić information content (AvgIpc) is 2.71. The molecule has 1 heteroatoms. The zero-order valence-corrected chi connectivity index (χ0v) is 17.6. The molecule has 0 radical (unpaired) electrons. The van der Waals surface area contributed by atoms with Gasteiger partial charge in [-0.25, -0.2) is 0 Å². The van der Waals surface area contributed by atoms with E-state index in [1.807, 2.05) is 0 Å². The number of hydrogen-bond acceptors (Lipinski definition) is 1. The van der Waals surface area contributed by atoms with Gasteiger partial charge < -0.3 is 0 Å². The maximum atomic E-state index is 9.65. The lowest BCUT2D eigenvalue weighted by Crippen LogP contribution is -2.38. The lowest BCUT2D eigenvalue weighted by atomic mass is 9.57. The fourth-order valence-corrected chi connectivity index (χ4v) is 6.79. The third kappa shape index (κ3) is 4.85. The number of unbranched alkanes of at least 4 members (excludes halogenated alkanes) is 3. The summed E-state index contributed by atoms with van der Waals surface area (Å²) in [5.41, 5.74) is 0.0316. The Labute approximate surface area is 163 Å². The molecular weight excluding hydrogens is 314 g/mol. The number of nitriles is 1. The molecule has 3 aliphatic carbocycles. The molecule has 0 bridgehead atoms. The Kier molecular flexibility index (Phi) is 7.48. The minimum absolute atomic E-state index is 0.0316. The van der Waals surface area contributed by atoms with Gasteiger partial charge >= 0.3 is 0 Å². The van der Waals surface area contributed by atoms with Gasteiger partial charge in [0.15, 0.2) is 0 Å². The maximum absolute atomic E-state index is 9.65. The van der Waals surface area contributed by atoms with Gasteiger partial charge in [-0.05, 0) is 87.4 Å². The molecule has 0 amide bonds. The molecule has 0 aromatic carbocycles. The minimum Gasteiger partial charge on any atom is -0.198 e. The molecule has 1 nitrogen and oxygen atoms in total. The summed E-state index contributed by atoms with van der Waals surface area (Å²) < 4.78 is 0. The van der Waals surface area contributed by atoms with Crippen LogP contribution in [0.1, 0.15) is 117 Å². The fourth-order valence-electron chi connectivity index (χ4n) is 6.79. The van der Waals surface area contributed by atoms with Gasteiger partial charge in [0.1, 0.15) is 0 Å². The van der Waals surface area contributed by atoms with E-state index in [2.05, 4.69) is 19.9 Å². The summed E-state index contributed by atoms with van der Waals surface area (Å²) in [6.07, 6.45) is 22.5. The third-order valence-electron chi connectivity index (χ3n) is 8.76. The van der Waals surface area contributed by atoms with E-state index in [-0.39, 0.29) is 5.41 Å². The Morgan fingerprint density at radius 1 is 0.808 bits per heavy atom. The van der Waals surface area contributed by atoms with Gasteiger partial charge in [0, 0.05) is 0 Å². The first kappa shape index (κ1) is 20.2. The lowest BCUT2D eigenvalue weighted by Gasteiger charge is -2.47. The monoisotopic (exact) mass is 357 g/mol. The van der Waals surface area contributed by atoms with Crippen LogP contribution in [0.15, 0.2) is 0 Å². The van der Waals surface area contributed by atoms with Crippen molar-refractivity contribution < 1.29 is 0 Å². The minimum atomic E-state index is 0.0316. The molecule has 26 heavy (non-hydrogen) atoms. The summed E-state index contributed by atoms with van der Waals surface area (Å²) >= 11 is 0. The topological polar surface area (TPSA) is 23.8 Å². The van der Waals surface area contributed by atoms with E-state index >= 15 is 0 Å². The lowest BCUT2D eigenvalue weighted by molar-refractivity contribution is 0.0401. The Balaban J connectivity index is 1.41. The molecule has 0 saturated heterocycles. The molecule has 0 spiro atoms. The predicted octanol–water partition coefficient (Wildman–Crippen LogP) is 7.90. The first-order valence-electron chi connectivity index (χ1n) is 12.1. The van der Waals surface area contributed by atoms with Gasteiger partial charge in [0.05, 0.1) is 11.5 Å². The van der Waals surface area contributed by atoms with Crippen molar-refractivity contribution in [3.8, 4) is 6.07 Å². The standard InChI is InChI=1S/C25H43N/c1-3-5-6-7-8-20-9-11-21(12-10-20)22-13-14-24-18-25(4-2,19-26)16-15-23(24)17-22/h20-24H,3-18H2,1-2H3. The van der Waals surface area contributed by atoms with Crippen LogP contribution in [0.4, 0.5) is 0 Å². The normalized spacial score (nSPS) is 40.6. The molecule has 0 aliphatic heterocycles. The van der Waals surface area contributed by atoms with E-state index in [4.69, 9.17) is 0 Å². The van der Waals surface area contributed by atoms with Crippen LogP contribution in [0.3, 0.4) is 0 Å². The molecule has 3 rings (SSSR count). The molecule has 3 fully saturated rings. The van der Waals surface area contributed by atoms with Crippen LogP contribution in [-0.2, 0) is 0 Å². The molecule has 4 atom stereocenters. The molecule has 4 unspecified atom stereocenters. The van der Waals surface area contributed by atoms with E-state index in [1.54, 1.807) is 0 Å². The molecular formula is C25H43N. The van der Waals surface area contributed by atoms with E-state index in [9.17, 15) is 5.26 Å². The van der Waals surface area contributed by atoms with Crippen molar-refractivity contribution >= 4 is 0 Å². The molecule has 0 heterocycles. The molecule has 0 aromatic rings. The van der Waals surface area contributed by atoms with Crippen LogP contribution >= 0.6 is 0 Å². The van der Waals surface area contributed by atoms with E-state index in [1.165, 1.54) is 96.3 Å². The molecule has 0 aromatic heterocycles. The van der Waals surface area contributed by atoms with E-state index in [0.717, 1.165) is 36.0 Å². The SMILES string of the molecule is CCCCCCC1CCC(C2CCC3CC(C#N)(CC)CCC3C2)CC1. The second-order valence-electron chi connectivity index (χ2n) is 10.2. The Hall–Kier alpha value is -0.510. The Bertz CT molecular complexity index is 455. The maximum Gasteiger partial charge on any atom is 0.0689 e. The van der Waals surface area contributed by atoms with Crippen LogP contribution in [0, 0.1) is 46.3 Å². The van der Waals surface area contributed by atoms with Crippen molar-refractivity contribution in [3.63, 3.8) is 0 Å². The summed E-state index contributed by atoms with van der Waals surface area (Å²) in [5, 5.41) is 9.65. The van der Waals surface area contributed by atoms with Gasteiger partial charge in [-0.1, -0.05) is 58.8 Å². The smallest absolute Gasteiger partial charge is 0.0689 e. The highest BCUT2D eigenvalue weighted by Crippen LogP contribution is 2.53. The summed E-state index contributed by atoms with van der Waals surface area (Å²) in [6, 6.07) is 2.70. The molecule has 0 N–H and O–H groups in total. The third-order valence-corrected chi connectivity index (χ3v) is 8.76. The second kappa shape index (κ2) is 9.61. The van der Waals surface area contributed by atoms with Crippen molar-refractivity contribution in [2.45, 2.75) is 117 Å². The number of hydrogen-bond donors (Lipinski definition) is 0. The van der Waals surface area contributed by atoms with Gasteiger partial charge in [-0.3, -0.25) is 0 Å². The van der Waals surface area contributed by atoms with Crippen LogP contribution in [-0.4, -0.2) is 0 Å². The van der Waals surface area contributed by atoms with Crippen LogP contribution < -0.4 is 0 Å². The van der Waals surface area contributed by atoms with Crippen molar-refractivity contribution in [2.24, 2.45) is 35.0 Å². The fraction of sp³-hybridized carbons (Fsp3) is 0.960. The van der Waals surface area contributed by atoms with E-state index in [0.29, 0.717) is 0 Å². The van der Waals surface area contributed by atoms with Gasteiger partial charge in [-0.15, -0.1) is 0 Å². The van der Waals surface area contributed by atoms with Crippen molar-refractivity contribution in [3.05, 3.63) is 0 Å². The average molecular weight is 358 g/mol. The molecule has 3 saturated carbocycles. The highest BCUT2D eigenvalue weighted by molar-refractivity contribution is 5.04. The van der Waals surface area contributed by atoms with Gasteiger partial charge in [-0.2, -0.15) is 5.26 Å². The summed E-state index contributed by atoms with van der Waals surface area (Å²) in [6.45, 7) is 4.55. The summed E-state index contributed by atoms with van der Waals surface area (Å²) in [4.78, 5) is 0. The number of rotatable bonds is 7. The summed E-state index contributed by atoms with van der Waals surface area (Å²) in [7, 11) is 0. The predicted molar refractivity (Wildman–Crippen MR) is 111 cm³/mol. The highest BCUT2D eigenvalue weighted by atomic mass is 14.5. The van der Waals surface area contributed by atoms with Gasteiger partial charge in [0.25, 0.3) is 0 Å². The number of fused-ring (bicyclic) bond motifs is 1. The van der Waals surface area contributed by atoms with Crippen molar-refractivity contribution in [1.29, 1.82) is 5.26 Å². The van der Waals surface area contributed by atoms with E-state index < -0.39 is 0 Å². The van der Waals surface area contributed by atoms with Crippen LogP contribution in [0.25, 0.3) is 0 Å². The number of nitrogens with zero attached hydrogens (tertiary/aromatic N) is 1.